The highest BCUT2D eigenvalue weighted by atomic mass is 35.5. The number of rotatable bonds is 16. The molecule has 54 heavy (non-hydrogen) atoms. The van der Waals surface area contributed by atoms with Crippen molar-refractivity contribution in [1.29, 1.82) is 0 Å². The van der Waals surface area contributed by atoms with Gasteiger partial charge in [-0.2, -0.15) is 22.7 Å². The SMILES string of the molecule is NCCO/N=C(/CCCCCCN/C(=N/[SH](=O)(CO)c1ccc(Cl)cc1)N1C[C@H](c2ccccc2)C(c2ccc(Cl)cc2)=N1)c1ccc(C(F)(F)F)cc1. The minimum atomic E-state index is -4.43. The number of nitrogens with zero attached hydrogens (tertiary/aromatic N) is 4. The fourth-order valence-corrected chi connectivity index (χ4v) is 7.57. The van der Waals surface area contributed by atoms with Crippen molar-refractivity contribution in [2.45, 2.75) is 49.1 Å². The molecular weight excluding hydrogens is 760 g/mol. The zero-order valence-electron chi connectivity index (χ0n) is 29.4. The number of nitrogens with two attached hydrogens (primary N) is 1. The lowest BCUT2D eigenvalue weighted by atomic mass is 9.91. The number of hydrazone groups is 1. The van der Waals surface area contributed by atoms with E-state index in [2.05, 4.69) is 14.9 Å². The van der Waals surface area contributed by atoms with E-state index in [9.17, 15) is 22.5 Å². The van der Waals surface area contributed by atoms with Crippen molar-refractivity contribution in [2.75, 3.05) is 32.2 Å². The zero-order valence-corrected chi connectivity index (χ0v) is 31.8. The second-order valence-electron chi connectivity index (χ2n) is 12.6. The molecule has 1 atom stereocenters. The lowest BCUT2D eigenvalue weighted by molar-refractivity contribution is -0.137. The summed E-state index contributed by atoms with van der Waals surface area (Å²) in [6.45, 7) is 1.31. The Morgan fingerprint density at radius 2 is 1.57 bits per heavy atom. The molecule has 4 aromatic rings. The summed E-state index contributed by atoms with van der Waals surface area (Å²) in [4.78, 5) is 5.64. The Bertz CT molecular complexity index is 1950. The van der Waals surface area contributed by atoms with Crippen LogP contribution in [-0.2, 0) is 21.1 Å². The molecule has 1 aliphatic rings. The van der Waals surface area contributed by atoms with E-state index in [1.807, 2.05) is 54.6 Å². The molecule has 0 radical (unpaired) electrons. The molecule has 0 saturated carbocycles. The molecule has 0 bridgehead atoms. The highest BCUT2D eigenvalue weighted by Crippen LogP contribution is 2.32. The highest BCUT2D eigenvalue weighted by molar-refractivity contribution is 8.01. The number of unbranched alkanes of at least 4 members (excludes halogenated alkanes) is 3. The van der Waals surface area contributed by atoms with Crippen molar-refractivity contribution in [3.63, 3.8) is 0 Å². The maximum atomic E-state index is 14.2. The molecule has 1 aliphatic heterocycles. The second kappa shape index (κ2) is 19.4. The van der Waals surface area contributed by atoms with Crippen LogP contribution >= 0.6 is 23.2 Å². The maximum absolute atomic E-state index is 14.2. The van der Waals surface area contributed by atoms with Gasteiger partial charge in [-0.1, -0.05) is 95.8 Å². The summed E-state index contributed by atoms with van der Waals surface area (Å²) >= 11 is 12.3. The Labute approximate surface area is 324 Å². The van der Waals surface area contributed by atoms with E-state index in [1.54, 1.807) is 29.3 Å². The Hall–Kier alpha value is -4.27. The molecule has 0 spiro atoms. The summed E-state index contributed by atoms with van der Waals surface area (Å²) in [5, 5.41) is 25.7. The summed E-state index contributed by atoms with van der Waals surface area (Å²) < 4.78 is 58.2. The third-order valence-corrected chi connectivity index (χ3v) is 11.2. The molecule has 288 valence electrons. The van der Waals surface area contributed by atoms with Gasteiger partial charge in [0, 0.05) is 44.1 Å². The number of aliphatic hydroxyl groups excluding tert-OH is 1. The van der Waals surface area contributed by atoms with Crippen LogP contribution in [0, 0.1) is 0 Å². The number of nitrogens with one attached hydrogen (secondary N) is 1. The third-order valence-electron chi connectivity index (χ3n) is 8.73. The molecule has 4 N–H and O–H groups in total. The monoisotopic (exact) mass is 802 g/mol. The molecule has 0 fully saturated rings. The minimum absolute atomic E-state index is 0.141. The van der Waals surface area contributed by atoms with Crippen LogP contribution in [0.15, 0.2) is 123 Å². The lowest BCUT2D eigenvalue weighted by Gasteiger charge is -2.24. The Balaban J connectivity index is 1.30. The Morgan fingerprint density at radius 1 is 0.926 bits per heavy atom. The molecule has 15 heteroatoms. The third kappa shape index (κ3) is 11.1. The van der Waals surface area contributed by atoms with Gasteiger partial charge in [0.05, 0.1) is 23.5 Å². The van der Waals surface area contributed by atoms with Crippen molar-refractivity contribution < 1.29 is 27.3 Å². The maximum Gasteiger partial charge on any atom is 0.416 e. The molecular formula is C39H43Cl2F3N6O3S. The van der Waals surface area contributed by atoms with Crippen molar-refractivity contribution in [2.24, 2.45) is 20.4 Å². The van der Waals surface area contributed by atoms with Crippen LogP contribution in [0.1, 0.15) is 60.3 Å². The summed E-state index contributed by atoms with van der Waals surface area (Å²) in [5.74, 6) is -0.569. The highest BCUT2D eigenvalue weighted by Gasteiger charge is 2.33. The molecule has 1 heterocycles. The van der Waals surface area contributed by atoms with Crippen molar-refractivity contribution in [1.82, 2.24) is 10.3 Å². The summed E-state index contributed by atoms with van der Waals surface area (Å²) in [7, 11) is -3.70. The lowest BCUT2D eigenvalue weighted by Crippen LogP contribution is -2.40. The number of halogens is 5. The van der Waals surface area contributed by atoms with Crippen LogP contribution in [0.25, 0.3) is 0 Å². The van der Waals surface area contributed by atoms with E-state index in [-0.39, 0.29) is 25.0 Å². The van der Waals surface area contributed by atoms with Gasteiger partial charge in [-0.05, 0) is 84.5 Å². The van der Waals surface area contributed by atoms with Gasteiger partial charge in [0.1, 0.15) is 12.5 Å². The molecule has 9 nitrogen and oxygen atoms in total. The van der Waals surface area contributed by atoms with Crippen LogP contribution in [-0.4, -0.2) is 63.9 Å². The van der Waals surface area contributed by atoms with Gasteiger partial charge in [-0.15, -0.1) is 0 Å². The first-order valence-corrected chi connectivity index (χ1v) is 20.1. The van der Waals surface area contributed by atoms with Crippen molar-refractivity contribution in [3.05, 3.63) is 135 Å². The first-order chi connectivity index (χ1) is 26.0. The van der Waals surface area contributed by atoms with Gasteiger partial charge >= 0.3 is 6.18 Å². The quantitative estimate of drug-likeness (QED) is 0.0299. The van der Waals surface area contributed by atoms with Gasteiger partial charge < -0.3 is 21.0 Å². The van der Waals surface area contributed by atoms with Gasteiger partial charge in [0.25, 0.3) is 0 Å². The number of aliphatic hydroxyl groups is 1. The van der Waals surface area contributed by atoms with E-state index in [0.717, 1.165) is 41.8 Å². The van der Waals surface area contributed by atoms with E-state index in [0.29, 0.717) is 58.6 Å². The molecule has 0 saturated heterocycles. The molecule has 0 aromatic heterocycles. The minimum Gasteiger partial charge on any atom is -0.394 e. The number of hydrogen-bond acceptors (Lipinski definition) is 6. The number of hydrogen-bond donors (Lipinski definition) is 4. The first kappa shape index (κ1) is 40.9. The number of guanidine groups is 1. The normalized spacial score (nSPS) is 15.6. The average Bonchev–Trinajstić information content (AvgIpc) is 3.62. The standard InChI is InChI=1S/C39H43Cl2F3N6O3S/c40-32-17-13-30(14-18-32)37-35(28-8-4-3-5-9-28)26-50(47-37)38(49-54(52,27-51)34-21-19-33(41)20-22-34)46-24-7-2-1-6-10-36(48-53-25-23-45)29-11-15-31(16-12-29)39(42,43)44/h3-5,8-9,11-22,35,51,54H,1-2,6-7,10,23-27,45H2,(H,46,49,52)/b48-36-/t35-/m1/s1. The van der Waals surface area contributed by atoms with Crippen LogP contribution in [0.5, 0.6) is 0 Å². The van der Waals surface area contributed by atoms with Gasteiger partial charge in [0.2, 0.25) is 5.96 Å². The van der Waals surface area contributed by atoms with Crippen molar-refractivity contribution >= 4 is 50.7 Å². The van der Waals surface area contributed by atoms with Gasteiger partial charge in [-0.3, -0.25) is 4.21 Å². The first-order valence-electron chi connectivity index (χ1n) is 17.5. The Kier molecular flexibility index (Phi) is 14.7. The largest absolute Gasteiger partial charge is 0.416 e. The van der Waals surface area contributed by atoms with Gasteiger partial charge in [0.15, 0.2) is 0 Å². The van der Waals surface area contributed by atoms with E-state index in [1.165, 1.54) is 12.1 Å². The Morgan fingerprint density at radius 3 is 2.20 bits per heavy atom. The summed E-state index contributed by atoms with van der Waals surface area (Å²) in [6.07, 6.45) is -0.923. The molecule has 0 aliphatic carbocycles. The van der Waals surface area contributed by atoms with Crippen LogP contribution in [0.3, 0.4) is 0 Å². The van der Waals surface area contributed by atoms with E-state index in [4.69, 9.17) is 38.9 Å². The van der Waals surface area contributed by atoms with Crippen LogP contribution < -0.4 is 11.1 Å². The fourth-order valence-electron chi connectivity index (χ4n) is 5.88. The number of alkyl halides is 3. The smallest absolute Gasteiger partial charge is 0.394 e. The average molecular weight is 804 g/mol. The fraction of sp³-hybridized carbons (Fsp3) is 0.308. The molecule has 0 amide bonds. The number of thiol groups is 1. The van der Waals surface area contributed by atoms with Crippen molar-refractivity contribution in [3.8, 4) is 0 Å². The predicted octanol–water partition coefficient (Wildman–Crippen LogP) is 8.03. The summed E-state index contributed by atoms with van der Waals surface area (Å²) in [6, 6.07) is 28.7. The number of benzene rings is 4. The zero-order chi connectivity index (χ0) is 38.6. The van der Waals surface area contributed by atoms with Gasteiger partial charge in [-0.25, -0.2) is 5.01 Å². The second-order valence-corrected chi connectivity index (χ2v) is 15.9. The van der Waals surface area contributed by atoms with Crippen LogP contribution in [0.2, 0.25) is 10.0 Å². The van der Waals surface area contributed by atoms with E-state index >= 15 is 0 Å². The molecule has 4 aromatic carbocycles. The summed E-state index contributed by atoms with van der Waals surface area (Å²) in [5.41, 5.74) is 8.60. The number of oxime groups is 1. The van der Waals surface area contributed by atoms with E-state index < -0.39 is 27.8 Å². The van der Waals surface area contributed by atoms with Crippen LogP contribution in [0.4, 0.5) is 13.2 Å². The predicted molar refractivity (Wildman–Crippen MR) is 212 cm³/mol. The molecule has 0 unspecified atom stereocenters. The molecule has 5 rings (SSSR count). The topological polar surface area (TPSA) is 125 Å².